The van der Waals surface area contributed by atoms with Gasteiger partial charge in [-0.3, -0.25) is 4.98 Å². The van der Waals surface area contributed by atoms with E-state index in [-0.39, 0.29) is 0 Å². The summed E-state index contributed by atoms with van der Waals surface area (Å²) in [6.07, 6.45) is 0. The topological polar surface area (TPSA) is 34.1 Å². The summed E-state index contributed by atoms with van der Waals surface area (Å²) in [6.45, 7) is 4.11. The molecule has 0 atom stereocenters. The Hall–Kier alpha value is -2.55. The predicted octanol–water partition coefficient (Wildman–Crippen LogP) is 4.60. The minimum Gasteiger partial charge on any atom is -0.497 e. The lowest BCUT2D eigenvalue weighted by Gasteiger charge is -2.12. The molecule has 0 unspecified atom stereocenters. The fourth-order valence-electron chi connectivity index (χ4n) is 2.45. The molecule has 1 aromatic heterocycles. The van der Waals surface area contributed by atoms with Crippen LogP contribution >= 0.6 is 0 Å². The average molecular weight is 278 g/mol. The Balaban J connectivity index is 2.05. The highest BCUT2D eigenvalue weighted by molar-refractivity contribution is 5.94. The lowest BCUT2D eigenvalue weighted by molar-refractivity contribution is 0.415. The Bertz CT molecular complexity index is 779. The van der Waals surface area contributed by atoms with Crippen molar-refractivity contribution in [3.05, 3.63) is 59.8 Å². The van der Waals surface area contributed by atoms with Gasteiger partial charge in [0.15, 0.2) is 0 Å². The summed E-state index contributed by atoms with van der Waals surface area (Å²) in [6, 6.07) is 16.2. The van der Waals surface area contributed by atoms with Gasteiger partial charge in [-0.15, -0.1) is 0 Å². The third-order valence-corrected chi connectivity index (χ3v) is 3.54. The molecule has 0 aliphatic rings. The number of rotatable bonds is 3. The van der Waals surface area contributed by atoms with Crippen molar-refractivity contribution < 1.29 is 4.74 Å². The van der Waals surface area contributed by atoms with Gasteiger partial charge in [-0.2, -0.15) is 0 Å². The van der Waals surface area contributed by atoms with Crippen LogP contribution in [0.5, 0.6) is 5.75 Å². The van der Waals surface area contributed by atoms with Crippen LogP contribution in [0.1, 0.15) is 11.3 Å². The number of hydrogen-bond donors (Lipinski definition) is 1. The van der Waals surface area contributed by atoms with E-state index in [0.29, 0.717) is 0 Å². The van der Waals surface area contributed by atoms with E-state index < -0.39 is 0 Å². The average Bonchev–Trinajstić information content (AvgIpc) is 2.49. The molecule has 3 rings (SSSR count). The van der Waals surface area contributed by atoms with E-state index >= 15 is 0 Å². The minimum atomic E-state index is 0.854. The van der Waals surface area contributed by atoms with E-state index in [0.717, 1.165) is 33.7 Å². The molecule has 0 spiro atoms. The van der Waals surface area contributed by atoms with Crippen molar-refractivity contribution >= 4 is 22.3 Å². The maximum absolute atomic E-state index is 5.19. The van der Waals surface area contributed by atoms with Crippen LogP contribution in [0.15, 0.2) is 48.5 Å². The number of nitrogens with one attached hydrogen (secondary N) is 1. The van der Waals surface area contributed by atoms with Crippen molar-refractivity contribution in [2.24, 2.45) is 0 Å². The summed E-state index contributed by atoms with van der Waals surface area (Å²) in [5, 5.41) is 4.61. The molecule has 106 valence electrons. The van der Waals surface area contributed by atoms with Crippen molar-refractivity contribution in [2.75, 3.05) is 12.4 Å². The SMILES string of the molecule is COc1ccc(Nc2cc(C)nc3c(C)cccc23)cc1. The van der Waals surface area contributed by atoms with Crippen LogP contribution in [0, 0.1) is 13.8 Å². The largest absolute Gasteiger partial charge is 0.497 e. The molecule has 1 N–H and O–H groups in total. The van der Waals surface area contributed by atoms with Gasteiger partial charge in [-0.25, -0.2) is 0 Å². The Morgan fingerprint density at radius 1 is 1.00 bits per heavy atom. The standard InChI is InChI=1S/C18H18N2O/c1-12-5-4-6-16-17(11-13(2)19-18(12)16)20-14-7-9-15(21-3)10-8-14/h4-11H,1-3H3,(H,19,20). The van der Waals surface area contributed by atoms with Crippen molar-refractivity contribution in [1.29, 1.82) is 0 Å². The fourth-order valence-corrected chi connectivity index (χ4v) is 2.45. The molecule has 3 aromatic rings. The molecular formula is C18H18N2O. The second-order valence-electron chi connectivity index (χ2n) is 5.14. The Kier molecular flexibility index (Phi) is 3.48. The van der Waals surface area contributed by atoms with Crippen LogP contribution in [-0.2, 0) is 0 Å². The van der Waals surface area contributed by atoms with E-state index in [2.05, 4.69) is 41.5 Å². The molecule has 0 saturated carbocycles. The van der Waals surface area contributed by atoms with Crippen molar-refractivity contribution in [1.82, 2.24) is 4.98 Å². The highest BCUT2D eigenvalue weighted by Gasteiger charge is 2.06. The molecule has 21 heavy (non-hydrogen) atoms. The van der Waals surface area contributed by atoms with Crippen LogP contribution in [0.3, 0.4) is 0 Å². The molecule has 0 fully saturated rings. The summed E-state index contributed by atoms with van der Waals surface area (Å²) in [7, 11) is 1.67. The number of fused-ring (bicyclic) bond motifs is 1. The normalized spacial score (nSPS) is 10.6. The van der Waals surface area contributed by atoms with Crippen LogP contribution < -0.4 is 10.1 Å². The second kappa shape index (κ2) is 5.44. The van der Waals surface area contributed by atoms with Crippen LogP contribution in [-0.4, -0.2) is 12.1 Å². The maximum atomic E-state index is 5.19. The molecule has 0 aliphatic carbocycles. The lowest BCUT2D eigenvalue weighted by Crippen LogP contribution is -1.96. The fraction of sp³-hybridized carbons (Fsp3) is 0.167. The second-order valence-corrected chi connectivity index (χ2v) is 5.14. The number of nitrogens with zero attached hydrogens (tertiary/aromatic N) is 1. The van der Waals surface area contributed by atoms with E-state index in [1.54, 1.807) is 7.11 Å². The molecule has 0 saturated heterocycles. The van der Waals surface area contributed by atoms with E-state index in [9.17, 15) is 0 Å². The number of methoxy groups -OCH3 is 1. The predicted molar refractivity (Wildman–Crippen MR) is 87.5 cm³/mol. The lowest BCUT2D eigenvalue weighted by atomic mass is 10.1. The summed E-state index contributed by atoms with van der Waals surface area (Å²) in [5.41, 5.74) is 5.35. The molecular weight excluding hydrogens is 260 g/mol. The highest BCUT2D eigenvalue weighted by atomic mass is 16.5. The molecule has 0 bridgehead atoms. The van der Waals surface area contributed by atoms with E-state index in [1.807, 2.05) is 31.2 Å². The van der Waals surface area contributed by atoms with Gasteiger partial charge in [0.1, 0.15) is 5.75 Å². The number of aromatic nitrogens is 1. The van der Waals surface area contributed by atoms with Gasteiger partial charge in [0, 0.05) is 22.5 Å². The third kappa shape index (κ3) is 2.68. The quantitative estimate of drug-likeness (QED) is 0.760. The number of ether oxygens (including phenoxy) is 1. The number of benzene rings is 2. The number of para-hydroxylation sites is 1. The molecule has 3 nitrogen and oxygen atoms in total. The first-order chi connectivity index (χ1) is 10.2. The third-order valence-electron chi connectivity index (χ3n) is 3.54. The van der Waals surface area contributed by atoms with E-state index in [4.69, 9.17) is 4.74 Å². The first-order valence-electron chi connectivity index (χ1n) is 6.95. The zero-order valence-electron chi connectivity index (χ0n) is 12.5. The van der Waals surface area contributed by atoms with Crippen LogP contribution in [0.2, 0.25) is 0 Å². The number of anilines is 2. The molecule has 1 heterocycles. The molecule has 2 aromatic carbocycles. The van der Waals surface area contributed by atoms with Gasteiger partial charge in [0.2, 0.25) is 0 Å². The van der Waals surface area contributed by atoms with E-state index in [1.165, 1.54) is 5.56 Å². The van der Waals surface area contributed by atoms with Gasteiger partial charge in [0.25, 0.3) is 0 Å². The smallest absolute Gasteiger partial charge is 0.119 e. The highest BCUT2D eigenvalue weighted by Crippen LogP contribution is 2.28. The molecule has 0 aliphatic heterocycles. The monoisotopic (exact) mass is 278 g/mol. The molecule has 0 amide bonds. The Morgan fingerprint density at radius 2 is 1.76 bits per heavy atom. The Labute approximate surface area is 124 Å². The van der Waals surface area contributed by atoms with Crippen LogP contribution in [0.4, 0.5) is 11.4 Å². The van der Waals surface area contributed by atoms with Crippen LogP contribution in [0.25, 0.3) is 10.9 Å². The first-order valence-corrected chi connectivity index (χ1v) is 6.95. The van der Waals surface area contributed by atoms with Crippen molar-refractivity contribution in [3.8, 4) is 5.75 Å². The summed E-state index contributed by atoms with van der Waals surface area (Å²) in [4.78, 5) is 4.64. The van der Waals surface area contributed by atoms with Gasteiger partial charge >= 0.3 is 0 Å². The zero-order chi connectivity index (χ0) is 14.8. The summed E-state index contributed by atoms with van der Waals surface area (Å²) >= 11 is 0. The first kappa shape index (κ1) is 13.4. The summed E-state index contributed by atoms with van der Waals surface area (Å²) < 4.78 is 5.19. The zero-order valence-corrected chi connectivity index (χ0v) is 12.5. The minimum absolute atomic E-state index is 0.854. The number of aryl methyl sites for hydroxylation is 2. The summed E-state index contributed by atoms with van der Waals surface area (Å²) in [5.74, 6) is 0.854. The van der Waals surface area contributed by atoms with Gasteiger partial charge in [0.05, 0.1) is 12.6 Å². The Morgan fingerprint density at radius 3 is 2.48 bits per heavy atom. The maximum Gasteiger partial charge on any atom is 0.119 e. The van der Waals surface area contributed by atoms with Gasteiger partial charge in [-0.05, 0) is 49.7 Å². The molecule has 3 heteroatoms. The van der Waals surface area contributed by atoms with Crippen molar-refractivity contribution in [2.45, 2.75) is 13.8 Å². The van der Waals surface area contributed by atoms with Gasteiger partial charge in [-0.1, -0.05) is 18.2 Å². The van der Waals surface area contributed by atoms with Crippen molar-refractivity contribution in [3.63, 3.8) is 0 Å². The number of hydrogen-bond acceptors (Lipinski definition) is 3. The number of pyridine rings is 1. The van der Waals surface area contributed by atoms with Gasteiger partial charge < -0.3 is 10.1 Å². The molecule has 0 radical (unpaired) electrons.